The minimum atomic E-state index is 0. The molecular formula is C18H27ClN2O2. The average Bonchev–Trinajstić information content (AvgIpc) is 3.05. The fraction of sp³-hybridized carbons (Fsp3) is 0.611. The maximum atomic E-state index is 12.5. The van der Waals surface area contributed by atoms with Crippen molar-refractivity contribution in [2.24, 2.45) is 5.92 Å². The van der Waals surface area contributed by atoms with E-state index in [0.717, 1.165) is 45.5 Å². The predicted octanol–water partition coefficient (Wildman–Crippen LogP) is 2.62. The van der Waals surface area contributed by atoms with Crippen molar-refractivity contribution in [3.63, 3.8) is 0 Å². The first kappa shape index (κ1) is 18.2. The smallest absolute Gasteiger partial charge is 0.239 e. The number of likely N-dealkylation sites (tertiary alicyclic amines) is 1. The number of hydrogen-bond acceptors (Lipinski definition) is 3. The lowest BCUT2D eigenvalue weighted by Crippen LogP contribution is -2.45. The van der Waals surface area contributed by atoms with Crippen molar-refractivity contribution in [2.75, 3.05) is 26.2 Å². The molecule has 3 rings (SSSR count). The number of rotatable bonds is 5. The van der Waals surface area contributed by atoms with Gasteiger partial charge in [-0.2, -0.15) is 0 Å². The van der Waals surface area contributed by atoms with Gasteiger partial charge in [-0.15, -0.1) is 12.4 Å². The maximum absolute atomic E-state index is 12.5. The van der Waals surface area contributed by atoms with Crippen LogP contribution in [0.4, 0.5) is 0 Å². The summed E-state index contributed by atoms with van der Waals surface area (Å²) >= 11 is 0. The van der Waals surface area contributed by atoms with Crippen molar-refractivity contribution in [1.29, 1.82) is 0 Å². The van der Waals surface area contributed by atoms with E-state index in [9.17, 15) is 4.79 Å². The van der Waals surface area contributed by atoms with Crippen molar-refractivity contribution >= 4 is 18.3 Å². The average molecular weight is 339 g/mol. The number of benzene rings is 1. The minimum Gasteiger partial charge on any atom is -0.376 e. The number of halogens is 1. The Morgan fingerprint density at radius 1 is 1.17 bits per heavy atom. The molecule has 0 aliphatic carbocycles. The van der Waals surface area contributed by atoms with Gasteiger partial charge >= 0.3 is 0 Å². The van der Waals surface area contributed by atoms with E-state index >= 15 is 0 Å². The molecule has 2 aliphatic rings. The topological polar surface area (TPSA) is 41.6 Å². The molecule has 2 atom stereocenters. The van der Waals surface area contributed by atoms with Crippen LogP contribution in [-0.4, -0.2) is 43.1 Å². The van der Waals surface area contributed by atoms with Gasteiger partial charge in [0.25, 0.3) is 0 Å². The quantitative estimate of drug-likeness (QED) is 0.897. The van der Waals surface area contributed by atoms with Crippen molar-refractivity contribution in [3.8, 4) is 0 Å². The van der Waals surface area contributed by atoms with Crippen LogP contribution in [0.25, 0.3) is 0 Å². The Labute approximate surface area is 145 Å². The SMILES string of the molecule is Cl.O=C([C@@H]1CC(COCc2ccccc2)CN1)N1CCCCC1. The van der Waals surface area contributed by atoms with Crippen LogP contribution in [-0.2, 0) is 16.1 Å². The number of nitrogens with one attached hydrogen (secondary N) is 1. The van der Waals surface area contributed by atoms with Crippen LogP contribution in [0.2, 0.25) is 0 Å². The molecule has 0 spiro atoms. The van der Waals surface area contributed by atoms with Gasteiger partial charge in [0.15, 0.2) is 0 Å². The summed E-state index contributed by atoms with van der Waals surface area (Å²) in [6.45, 7) is 4.14. The van der Waals surface area contributed by atoms with Crippen LogP contribution in [0.3, 0.4) is 0 Å². The Bertz CT molecular complexity index is 477. The molecule has 0 radical (unpaired) electrons. The number of hydrogen-bond donors (Lipinski definition) is 1. The van der Waals surface area contributed by atoms with Gasteiger partial charge in [-0.05, 0) is 37.2 Å². The molecule has 0 saturated carbocycles. The zero-order valence-electron chi connectivity index (χ0n) is 13.6. The van der Waals surface area contributed by atoms with Crippen molar-refractivity contribution < 1.29 is 9.53 Å². The molecule has 1 aromatic carbocycles. The van der Waals surface area contributed by atoms with E-state index in [2.05, 4.69) is 17.4 Å². The van der Waals surface area contributed by atoms with Gasteiger partial charge in [0.1, 0.15) is 0 Å². The number of carbonyl (C=O) groups is 1. The standard InChI is InChI=1S/C18H26N2O2.ClH/c21-18(20-9-5-2-6-10-20)17-11-16(12-19-17)14-22-13-15-7-3-1-4-8-15;/h1,3-4,7-8,16-17,19H,2,5-6,9-14H2;1H/t16?,17-;/m0./s1. The van der Waals surface area contributed by atoms with Gasteiger partial charge in [-0.3, -0.25) is 4.79 Å². The molecule has 5 heteroatoms. The molecule has 4 nitrogen and oxygen atoms in total. The highest BCUT2D eigenvalue weighted by Crippen LogP contribution is 2.19. The molecule has 2 fully saturated rings. The number of carbonyl (C=O) groups excluding carboxylic acids is 1. The summed E-state index contributed by atoms with van der Waals surface area (Å²) in [4.78, 5) is 14.5. The van der Waals surface area contributed by atoms with Crippen LogP contribution in [0.15, 0.2) is 30.3 Å². The van der Waals surface area contributed by atoms with E-state index in [1.165, 1.54) is 12.0 Å². The summed E-state index contributed by atoms with van der Waals surface area (Å²) in [7, 11) is 0. The normalized spacial score (nSPS) is 24.3. The summed E-state index contributed by atoms with van der Waals surface area (Å²) in [5.41, 5.74) is 1.20. The molecule has 2 saturated heterocycles. The molecule has 1 aromatic rings. The fourth-order valence-electron chi connectivity index (χ4n) is 3.38. The summed E-state index contributed by atoms with van der Waals surface area (Å²) in [5.74, 6) is 0.743. The molecule has 23 heavy (non-hydrogen) atoms. The zero-order valence-corrected chi connectivity index (χ0v) is 14.4. The van der Waals surface area contributed by atoms with Gasteiger partial charge in [0, 0.05) is 19.6 Å². The van der Waals surface area contributed by atoms with Crippen LogP contribution in [0.5, 0.6) is 0 Å². The van der Waals surface area contributed by atoms with Gasteiger partial charge in [-0.25, -0.2) is 0 Å². The van der Waals surface area contributed by atoms with E-state index in [1.54, 1.807) is 0 Å². The van der Waals surface area contributed by atoms with Crippen LogP contribution in [0, 0.1) is 5.92 Å². The van der Waals surface area contributed by atoms with E-state index in [4.69, 9.17) is 4.74 Å². The van der Waals surface area contributed by atoms with E-state index in [1.807, 2.05) is 23.1 Å². The lowest BCUT2D eigenvalue weighted by Gasteiger charge is -2.29. The highest BCUT2D eigenvalue weighted by molar-refractivity contribution is 5.85. The van der Waals surface area contributed by atoms with E-state index in [0.29, 0.717) is 18.4 Å². The summed E-state index contributed by atoms with van der Waals surface area (Å²) in [6, 6.07) is 10.2. The molecule has 1 N–H and O–H groups in total. The number of amides is 1. The monoisotopic (exact) mass is 338 g/mol. The molecule has 0 aromatic heterocycles. The highest BCUT2D eigenvalue weighted by atomic mass is 35.5. The van der Waals surface area contributed by atoms with E-state index < -0.39 is 0 Å². The van der Waals surface area contributed by atoms with Crippen LogP contribution < -0.4 is 5.32 Å². The van der Waals surface area contributed by atoms with Gasteiger partial charge in [0.05, 0.1) is 19.3 Å². The molecule has 1 amide bonds. The van der Waals surface area contributed by atoms with Crippen LogP contribution in [0.1, 0.15) is 31.2 Å². The number of piperidine rings is 1. The second-order valence-electron chi connectivity index (χ2n) is 6.45. The molecule has 1 unspecified atom stereocenters. The van der Waals surface area contributed by atoms with Crippen LogP contribution >= 0.6 is 12.4 Å². The first-order valence-corrected chi connectivity index (χ1v) is 8.47. The Morgan fingerprint density at radius 3 is 2.65 bits per heavy atom. The maximum Gasteiger partial charge on any atom is 0.239 e. The molecule has 0 bridgehead atoms. The van der Waals surface area contributed by atoms with E-state index in [-0.39, 0.29) is 18.4 Å². The summed E-state index contributed by atoms with van der Waals surface area (Å²) < 4.78 is 5.81. The number of ether oxygens (including phenoxy) is 1. The third kappa shape index (κ3) is 5.20. The third-order valence-corrected chi connectivity index (χ3v) is 4.65. The first-order chi connectivity index (χ1) is 10.8. The minimum absolute atomic E-state index is 0. The number of nitrogens with zero attached hydrogens (tertiary/aromatic N) is 1. The second-order valence-corrected chi connectivity index (χ2v) is 6.45. The Kier molecular flexibility index (Phi) is 7.34. The summed E-state index contributed by atoms with van der Waals surface area (Å²) in [6.07, 6.45) is 4.48. The highest BCUT2D eigenvalue weighted by Gasteiger charge is 2.32. The Morgan fingerprint density at radius 2 is 1.91 bits per heavy atom. The Hall–Kier alpha value is -1.10. The predicted molar refractivity (Wildman–Crippen MR) is 93.7 cm³/mol. The van der Waals surface area contributed by atoms with Gasteiger partial charge in [0.2, 0.25) is 5.91 Å². The molecule has 128 valence electrons. The lowest BCUT2D eigenvalue weighted by atomic mass is 10.0. The van der Waals surface area contributed by atoms with Crippen molar-refractivity contribution in [1.82, 2.24) is 10.2 Å². The largest absolute Gasteiger partial charge is 0.376 e. The molecule has 2 aliphatic heterocycles. The van der Waals surface area contributed by atoms with Crippen molar-refractivity contribution in [2.45, 2.75) is 38.3 Å². The lowest BCUT2D eigenvalue weighted by molar-refractivity contribution is -0.134. The fourth-order valence-corrected chi connectivity index (χ4v) is 3.38. The van der Waals surface area contributed by atoms with Gasteiger partial charge in [-0.1, -0.05) is 30.3 Å². The molecule has 2 heterocycles. The van der Waals surface area contributed by atoms with Gasteiger partial charge < -0.3 is 15.0 Å². The molecular weight excluding hydrogens is 312 g/mol. The van der Waals surface area contributed by atoms with Crippen molar-refractivity contribution in [3.05, 3.63) is 35.9 Å². The second kappa shape index (κ2) is 9.26. The zero-order chi connectivity index (χ0) is 15.2. The first-order valence-electron chi connectivity index (χ1n) is 8.47. The third-order valence-electron chi connectivity index (χ3n) is 4.65. The summed E-state index contributed by atoms with van der Waals surface area (Å²) in [5, 5.41) is 3.38. The Balaban J connectivity index is 0.00000192.